The van der Waals surface area contributed by atoms with E-state index < -0.39 is 30.0 Å². The van der Waals surface area contributed by atoms with Crippen LogP contribution in [0.15, 0.2) is 107 Å². The molecule has 4 N–H and O–H groups in total. The molecule has 6 aromatic rings. The molecule has 336 valence electrons. The van der Waals surface area contributed by atoms with Crippen LogP contribution < -0.4 is 90.8 Å². The minimum atomic E-state index is -5.15. The SMILES string of the molecule is CCON(OCC)c1nc(Nc2ccccc2)nc(Nc2ccc(/C=C\c3ccc(Nc4nc(Nc5ccccc5)nc(N(OCC)OCC)n4)cc3S(=O)(=O)[O-])c(S(=O)(=O)[O-])c2)n1.[Na+].[Na+]. The monoisotopic (exact) mass is 960 g/mol. The standard InChI is InChI=1S/C40H44N12O10S2.2Na/c1-5-59-51(60-6-2)39-47-35(41-29-15-11-9-12-16-29)45-37(49-39)43-31-23-21-27(33(25-31)63(53,54)55)19-20-28-22-24-32(26-34(28)64(56,57)58)44-38-46-36(42-30-17-13-10-14-18-30)48-40(50-38)52(61-7-3)62-8-4;;/h9-26H,5-8H2,1-4H3,(H,53,54,55)(H,56,57,58)(H2,41,43,45,47,49)(H2,42,44,46,48,50);;/q;2*+1/p-2/b20-19-;;. The fourth-order valence-corrected chi connectivity index (χ4v) is 6.95. The Morgan fingerprint density at radius 1 is 0.470 bits per heavy atom. The van der Waals surface area contributed by atoms with Crippen LogP contribution in [-0.4, -0.2) is 82.3 Å². The molecule has 0 aliphatic rings. The van der Waals surface area contributed by atoms with Crippen LogP contribution in [0.2, 0.25) is 0 Å². The number of rotatable bonds is 22. The van der Waals surface area contributed by atoms with E-state index in [9.17, 15) is 25.9 Å². The van der Waals surface area contributed by atoms with Crippen molar-refractivity contribution in [3.8, 4) is 0 Å². The molecule has 4 aromatic carbocycles. The summed E-state index contributed by atoms with van der Waals surface area (Å²) in [5.41, 5.74) is 1.22. The molecule has 6 rings (SSSR count). The third-order valence-corrected chi connectivity index (χ3v) is 9.92. The molecule has 0 fully saturated rings. The minimum absolute atomic E-state index is 0. The van der Waals surface area contributed by atoms with Crippen LogP contribution in [0, 0.1) is 0 Å². The van der Waals surface area contributed by atoms with Gasteiger partial charge in [0.2, 0.25) is 23.8 Å². The summed E-state index contributed by atoms with van der Waals surface area (Å²) < 4.78 is 75.7. The molecule has 22 nitrogen and oxygen atoms in total. The third-order valence-electron chi connectivity index (χ3n) is 8.14. The maximum absolute atomic E-state index is 12.6. The summed E-state index contributed by atoms with van der Waals surface area (Å²) in [6, 6.07) is 25.6. The van der Waals surface area contributed by atoms with E-state index in [1.165, 1.54) is 36.4 Å². The van der Waals surface area contributed by atoms with E-state index in [2.05, 4.69) is 51.2 Å². The Hall–Kier alpha value is -4.90. The van der Waals surface area contributed by atoms with Gasteiger partial charge in [-0.25, -0.2) is 36.2 Å². The first-order valence-corrected chi connectivity index (χ1v) is 22.3. The van der Waals surface area contributed by atoms with Crippen molar-refractivity contribution in [1.82, 2.24) is 29.9 Å². The fourth-order valence-electron chi connectivity index (χ4n) is 5.56. The van der Waals surface area contributed by atoms with Gasteiger partial charge in [0.1, 0.15) is 20.2 Å². The molecule has 2 aromatic heterocycles. The van der Waals surface area contributed by atoms with Crippen molar-refractivity contribution in [3.05, 3.63) is 108 Å². The number of hydrogen-bond acceptors (Lipinski definition) is 22. The van der Waals surface area contributed by atoms with Gasteiger partial charge in [0.25, 0.3) is 11.9 Å². The van der Waals surface area contributed by atoms with Crippen molar-refractivity contribution in [2.45, 2.75) is 37.5 Å². The van der Waals surface area contributed by atoms with Gasteiger partial charge in [-0.15, -0.1) is 0 Å². The van der Waals surface area contributed by atoms with Gasteiger partial charge >= 0.3 is 59.1 Å². The zero-order chi connectivity index (χ0) is 45.7. The minimum Gasteiger partial charge on any atom is -0.744 e. The molecule has 66 heavy (non-hydrogen) atoms. The van der Waals surface area contributed by atoms with Gasteiger partial charge in [-0.3, -0.25) is 0 Å². The summed E-state index contributed by atoms with van der Waals surface area (Å²) in [6.45, 7) is 7.77. The molecule has 0 bridgehead atoms. The van der Waals surface area contributed by atoms with Gasteiger partial charge in [-0.2, -0.15) is 29.9 Å². The zero-order valence-electron chi connectivity index (χ0n) is 36.7. The molecule has 0 radical (unpaired) electrons. The molecule has 2 heterocycles. The molecule has 0 amide bonds. The molecule has 0 unspecified atom stereocenters. The van der Waals surface area contributed by atoms with Gasteiger partial charge in [0, 0.05) is 22.7 Å². The quantitative estimate of drug-likeness (QED) is 0.0311. The van der Waals surface area contributed by atoms with Crippen LogP contribution in [0.3, 0.4) is 0 Å². The molecular formula is C40H42N12Na2O10S2. The summed E-state index contributed by atoms with van der Waals surface area (Å²) >= 11 is 0. The van der Waals surface area contributed by atoms with Crippen LogP contribution in [0.1, 0.15) is 38.8 Å². The average molecular weight is 961 g/mol. The first kappa shape index (κ1) is 53.7. The second-order valence-corrected chi connectivity index (χ2v) is 15.4. The van der Waals surface area contributed by atoms with Crippen molar-refractivity contribution in [2.24, 2.45) is 0 Å². The van der Waals surface area contributed by atoms with E-state index in [1.54, 1.807) is 76.2 Å². The van der Waals surface area contributed by atoms with Gasteiger partial charge in [0.05, 0.1) is 36.2 Å². The van der Waals surface area contributed by atoms with Crippen molar-refractivity contribution >= 4 is 90.8 Å². The van der Waals surface area contributed by atoms with Crippen molar-refractivity contribution < 1.29 is 104 Å². The predicted molar refractivity (Wildman–Crippen MR) is 235 cm³/mol. The number of benzene rings is 4. The fraction of sp³-hybridized carbons (Fsp3) is 0.200. The Morgan fingerprint density at radius 3 is 1.06 bits per heavy atom. The summed E-state index contributed by atoms with van der Waals surface area (Å²) in [5, 5.41) is 13.9. The molecule has 0 atom stereocenters. The largest absolute Gasteiger partial charge is 1.00 e. The number of nitrogens with one attached hydrogen (secondary N) is 4. The predicted octanol–water partition coefficient (Wildman–Crippen LogP) is 0.436. The van der Waals surface area contributed by atoms with Gasteiger partial charge in [0.15, 0.2) is 0 Å². The molecular weight excluding hydrogens is 919 g/mol. The topological polar surface area (TPSA) is 283 Å². The molecule has 0 aliphatic carbocycles. The normalized spacial score (nSPS) is 11.3. The van der Waals surface area contributed by atoms with Crippen LogP contribution in [0.4, 0.5) is 58.4 Å². The molecule has 0 saturated carbocycles. The van der Waals surface area contributed by atoms with Gasteiger partial charge in [-0.1, -0.05) is 71.1 Å². The Balaban J connectivity index is 0.00000476. The number of nitrogens with zero attached hydrogens (tertiary/aromatic N) is 8. The number of aromatic nitrogens is 6. The Kier molecular flexibility index (Phi) is 20.6. The van der Waals surface area contributed by atoms with Crippen LogP contribution in [0.25, 0.3) is 12.2 Å². The number of para-hydroxylation sites is 2. The average Bonchev–Trinajstić information content (AvgIpc) is 3.26. The Bertz CT molecular complexity index is 2590. The maximum Gasteiger partial charge on any atom is 1.00 e. The van der Waals surface area contributed by atoms with Crippen LogP contribution >= 0.6 is 0 Å². The number of hydrogen-bond donors (Lipinski definition) is 4. The molecule has 0 aliphatic heterocycles. The third kappa shape index (κ3) is 15.3. The van der Waals surface area contributed by atoms with E-state index in [1.807, 2.05) is 12.1 Å². The summed E-state index contributed by atoms with van der Waals surface area (Å²) in [5.74, 6) is -0.132. The van der Waals surface area contributed by atoms with Crippen LogP contribution in [0.5, 0.6) is 0 Å². The molecule has 26 heteroatoms. The second kappa shape index (κ2) is 25.3. The summed E-state index contributed by atoms with van der Waals surface area (Å²) in [6.07, 6.45) is 2.37. The Labute approximate surface area is 425 Å². The van der Waals surface area contributed by atoms with E-state index >= 15 is 0 Å². The number of anilines is 10. The van der Waals surface area contributed by atoms with Crippen molar-refractivity contribution in [3.63, 3.8) is 0 Å². The van der Waals surface area contributed by atoms with E-state index in [0.29, 0.717) is 11.4 Å². The van der Waals surface area contributed by atoms with E-state index in [0.717, 1.165) is 22.6 Å². The van der Waals surface area contributed by atoms with Gasteiger partial charge < -0.3 is 30.4 Å². The zero-order valence-corrected chi connectivity index (χ0v) is 42.3. The molecule has 0 spiro atoms. The smallest absolute Gasteiger partial charge is 0.744 e. The first-order chi connectivity index (χ1) is 30.8. The summed E-state index contributed by atoms with van der Waals surface area (Å²) in [7, 11) is -10.3. The second-order valence-electron chi connectivity index (χ2n) is 12.7. The maximum atomic E-state index is 12.6. The summed E-state index contributed by atoms with van der Waals surface area (Å²) in [4.78, 5) is 47.0. The first-order valence-electron chi connectivity index (χ1n) is 19.5. The van der Waals surface area contributed by atoms with Crippen molar-refractivity contribution in [2.75, 3.05) is 58.1 Å². The van der Waals surface area contributed by atoms with Gasteiger partial charge in [-0.05, 0) is 87.4 Å². The van der Waals surface area contributed by atoms with Crippen molar-refractivity contribution in [1.29, 1.82) is 0 Å². The van der Waals surface area contributed by atoms with Crippen LogP contribution in [-0.2, 0) is 39.6 Å². The van der Waals surface area contributed by atoms with E-state index in [4.69, 9.17) is 19.4 Å². The van der Waals surface area contributed by atoms with E-state index in [-0.39, 0.29) is 144 Å². The molecule has 0 saturated heterocycles. The Morgan fingerprint density at radius 2 is 0.773 bits per heavy atom.